The van der Waals surface area contributed by atoms with E-state index < -0.39 is 22.7 Å². The van der Waals surface area contributed by atoms with Crippen LogP contribution in [0.1, 0.15) is 35.0 Å². The Morgan fingerprint density at radius 3 is 2.58 bits per heavy atom. The Kier molecular flexibility index (Phi) is 7.91. The topological polar surface area (TPSA) is 135 Å². The first kappa shape index (κ1) is 24.1. The Balaban J connectivity index is 1.93. The molecule has 10 nitrogen and oxygen atoms in total. The first-order valence-electron chi connectivity index (χ1n) is 10.2. The average Bonchev–Trinajstić information content (AvgIpc) is 2.82. The standard InChI is InChI=1S/C22H25N5O5S/c1-3-11-27(15-28)22(29)19-13-24-20(21(25-19)32-14-17-5-4-10-23-12-17)26-33(30,31)18-8-6-16(2)7-9-18/h4-10,12-13,28H,3,11,14-15H2,1-2H3,(H,24,26). The molecule has 0 aliphatic rings. The number of rotatable bonds is 10. The number of ether oxygens (including phenoxy) is 1. The van der Waals surface area contributed by atoms with Gasteiger partial charge >= 0.3 is 0 Å². The number of benzene rings is 1. The lowest BCUT2D eigenvalue weighted by Crippen LogP contribution is -2.33. The van der Waals surface area contributed by atoms with E-state index >= 15 is 0 Å². The first-order valence-corrected chi connectivity index (χ1v) is 11.7. The molecule has 0 radical (unpaired) electrons. The van der Waals surface area contributed by atoms with Crippen molar-refractivity contribution in [2.75, 3.05) is 18.0 Å². The Bertz CT molecular complexity index is 1190. The summed E-state index contributed by atoms with van der Waals surface area (Å²) in [5.74, 6) is -0.886. The number of aliphatic hydroxyl groups excluding tert-OH is 1. The second-order valence-electron chi connectivity index (χ2n) is 7.19. The van der Waals surface area contributed by atoms with E-state index in [-0.39, 0.29) is 28.9 Å². The van der Waals surface area contributed by atoms with Crippen molar-refractivity contribution in [3.05, 3.63) is 71.8 Å². The second kappa shape index (κ2) is 10.8. The highest BCUT2D eigenvalue weighted by Crippen LogP contribution is 2.24. The number of aryl methyl sites for hydroxylation is 1. The van der Waals surface area contributed by atoms with Gasteiger partial charge < -0.3 is 14.7 Å². The number of hydrogen-bond acceptors (Lipinski definition) is 8. The molecular weight excluding hydrogens is 446 g/mol. The van der Waals surface area contributed by atoms with Crippen LogP contribution in [0, 0.1) is 6.92 Å². The average molecular weight is 472 g/mol. The van der Waals surface area contributed by atoms with E-state index in [0.717, 1.165) is 11.8 Å². The number of anilines is 1. The zero-order valence-corrected chi connectivity index (χ0v) is 19.1. The molecular formula is C22H25N5O5S. The van der Waals surface area contributed by atoms with E-state index in [1.807, 2.05) is 13.8 Å². The number of carbonyl (C=O) groups is 1. The van der Waals surface area contributed by atoms with Crippen LogP contribution < -0.4 is 9.46 Å². The van der Waals surface area contributed by atoms with Crippen molar-refractivity contribution in [2.24, 2.45) is 0 Å². The van der Waals surface area contributed by atoms with E-state index in [0.29, 0.717) is 18.5 Å². The highest BCUT2D eigenvalue weighted by Gasteiger charge is 2.22. The minimum atomic E-state index is -3.98. The van der Waals surface area contributed by atoms with Crippen LogP contribution in [0.4, 0.5) is 5.82 Å². The molecule has 0 spiro atoms. The fourth-order valence-corrected chi connectivity index (χ4v) is 3.86. The van der Waals surface area contributed by atoms with Gasteiger partial charge in [-0.1, -0.05) is 30.7 Å². The highest BCUT2D eigenvalue weighted by atomic mass is 32.2. The third kappa shape index (κ3) is 6.24. The van der Waals surface area contributed by atoms with Crippen LogP contribution in [0.25, 0.3) is 0 Å². The number of aliphatic hydroxyl groups is 1. The van der Waals surface area contributed by atoms with Gasteiger partial charge in [-0.25, -0.2) is 18.4 Å². The largest absolute Gasteiger partial charge is 0.470 e. The predicted octanol–water partition coefficient (Wildman–Crippen LogP) is 2.36. The Hall–Kier alpha value is -3.57. The summed E-state index contributed by atoms with van der Waals surface area (Å²) in [6.45, 7) is 3.58. The van der Waals surface area contributed by atoms with Crippen molar-refractivity contribution in [3.8, 4) is 5.88 Å². The van der Waals surface area contributed by atoms with Crippen molar-refractivity contribution in [2.45, 2.75) is 31.8 Å². The molecule has 1 amide bonds. The number of nitrogens with one attached hydrogen (secondary N) is 1. The number of amides is 1. The quantitative estimate of drug-likeness (QED) is 0.430. The molecule has 0 saturated carbocycles. The summed E-state index contributed by atoms with van der Waals surface area (Å²) >= 11 is 0. The van der Waals surface area contributed by atoms with Crippen molar-refractivity contribution in [1.29, 1.82) is 0 Å². The van der Waals surface area contributed by atoms with Gasteiger partial charge in [0, 0.05) is 24.5 Å². The number of nitrogens with zero attached hydrogens (tertiary/aromatic N) is 4. The number of pyridine rings is 1. The van der Waals surface area contributed by atoms with Crippen molar-refractivity contribution in [3.63, 3.8) is 0 Å². The van der Waals surface area contributed by atoms with Crippen LogP contribution in [0.15, 0.2) is 59.9 Å². The molecule has 1 aromatic carbocycles. The summed E-state index contributed by atoms with van der Waals surface area (Å²) in [5, 5.41) is 9.49. The molecule has 2 aromatic heterocycles. The fraction of sp³-hybridized carbons (Fsp3) is 0.273. The van der Waals surface area contributed by atoms with Crippen LogP contribution in [0.2, 0.25) is 0 Å². The lowest BCUT2D eigenvalue weighted by atomic mass is 10.2. The molecule has 0 fully saturated rings. The van der Waals surface area contributed by atoms with Crippen LogP contribution in [0.5, 0.6) is 5.88 Å². The van der Waals surface area contributed by atoms with Gasteiger partial charge in [-0.05, 0) is 31.5 Å². The smallest absolute Gasteiger partial charge is 0.276 e. The van der Waals surface area contributed by atoms with Crippen LogP contribution >= 0.6 is 0 Å². The summed E-state index contributed by atoms with van der Waals surface area (Å²) < 4.78 is 33.8. The van der Waals surface area contributed by atoms with Crippen molar-refractivity contribution in [1.82, 2.24) is 19.9 Å². The molecule has 0 aliphatic carbocycles. The number of carbonyl (C=O) groups excluding carboxylic acids is 1. The predicted molar refractivity (Wildman–Crippen MR) is 121 cm³/mol. The van der Waals surface area contributed by atoms with E-state index in [9.17, 15) is 18.3 Å². The Morgan fingerprint density at radius 2 is 1.94 bits per heavy atom. The normalized spacial score (nSPS) is 11.1. The van der Waals surface area contributed by atoms with E-state index in [1.54, 1.807) is 36.7 Å². The van der Waals surface area contributed by atoms with Gasteiger partial charge in [0.05, 0.1) is 11.1 Å². The monoisotopic (exact) mass is 471 g/mol. The molecule has 2 N–H and O–H groups in total. The van der Waals surface area contributed by atoms with E-state index in [4.69, 9.17) is 4.74 Å². The van der Waals surface area contributed by atoms with Crippen LogP contribution in [-0.4, -0.2) is 52.6 Å². The maximum absolute atomic E-state index is 12.8. The minimum absolute atomic E-state index is 0.0259. The van der Waals surface area contributed by atoms with Gasteiger partial charge in [0.2, 0.25) is 5.82 Å². The van der Waals surface area contributed by atoms with Crippen LogP contribution in [-0.2, 0) is 16.6 Å². The summed E-state index contributed by atoms with van der Waals surface area (Å²) in [6, 6.07) is 9.82. The van der Waals surface area contributed by atoms with Crippen LogP contribution in [0.3, 0.4) is 0 Å². The highest BCUT2D eigenvalue weighted by molar-refractivity contribution is 7.92. The molecule has 11 heteroatoms. The molecule has 174 valence electrons. The molecule has 0 atom stereocenters. The van der Waals surface area contributed by atoms with E-state index in [1.165, 1.54) is 17.0 Å². The third-order valence-electron chi connectivity index (χ3n) is 4.57. The zero-order chi connectivity index (χ0) is 23.8. The summed E-state index contributed by atoms with van der Waals surface area (Å²) in [4.78, 5) is 26.2. The Labute approximate surface area is 192 Å². The molecule has 0 bridgehead atoms. The molecule has 0 unspecified atom stereocenters. The van der Waals surface area contributed by atoms with Gasteiger partial charge in [-0.3, -0.25) is 14.5 Å². The number of hydrogen-bond donors (Lipinski definition) is 2. The van der Waals surface area contributed by atoms with Gasteiger partial charge in [0.25, 0.3) is 21.8 Å². The molecule has 3 rings (SSSR count). The van der Waals surface area contributed by atoms with Gasteiger partial charge in [0.15, 0.2) is 5.69 Å². The summed E-state index contributed by atoms with van der Waals surface area (Å²) in [5.41, 5.74) is 1.54. The van der Waals surface area contributed by atoms with Crippen molar-refractivity contribution < 1.29 is 23.1 Å². The molecule has 0 aliphatic heterocycles. The van der Waals surface area contributed by atoms with E-state index in [2.05, 4.69) is 19.7 Å². The minimum Gasteiger partial charge on any atom is -0.470 e. The number of sulfonamides is 1. The Morgan fingerprint density at radius 1 is 1.18 bits per heavy atom. The van der Waals surface area contributed by atoms with Crippen molar-refractivity contribution >= 4 is 21.7 Å². The lowest BCUT2D eigenvalue weighted by Gasteiger charge is -2.19. The summed E-state index contributed by atoms with van der Waals surface area (Å²) in [7, 11) is -3.98. The van der Waals surface area contributed by atoms with Gasteiger partial charge in [-0.15, -0.1) is 0 Å². The molecule has 33 heavy (non-hydrogen) atoms. The van der Waals surface area contributed by atoms with Gasteiger partial charge in [0.1, 0.15) is 13.3 Å². The first-order chi connectivity index (χ1) is 15.8. The van der Waals surface area contributed by atoms with Gasteiger partial charge in [-0.2, -0.15) is 0 Å². The maximum atomic E-state index is 12.8. The third-order valence-corrected chi connectivity index (χ3v) is 5.93. The molecule has 0 saturated heterocycles. The SMILES string of the molecule is CCCN(CO)C(=O)c1cnc(NS(=O)(=O)c2ccc(C)cc2)c(OCc2cccnc2)n1. The summed E-state index contributed by atoms with van der Waals surface area (Å²) in [6.07, 6.45) is 4.98. The lowest BCUT2D eigenvalue weighted by molar-refractivity contribution is 0.0547. The number of aromatic nitrogens is 3. The maximum Gasteiger partial charge on any atom is 0.276 e. The molecule has 3 aromatic rings. The fourth-order valence-electron chi connectivity index (χ4n) is 2.85. The zero-order valence-electron chi connectivity index (χ0n) is 18.3. The second-order valence-corrected chi connectivity index (χ2v) is 8.87. The molecule has 2 heterocycles.